The fourth-order valence-corrected chi connectivity index (χ4v) is 3.37. The third kappa shape index (κ3) is 5.67. The summed E-state index contributed by atoms with van der Waals surface area (Å²) >= 11 is 3.15. The van der Waals surface area contributed by atoms with Gasteiger partial charge in [0.1, 0.15) is 0 Å². The molecule has 2 unspecified atom stereocenters. The van der Waals surface area contributed by atoms with Crippen LogP contribution >= 0.6 is 23.8 Å². The van der Waals surface area contributed by atoms with E-state index in [1.54, 1.807) is 0 Å². The van der Waals surface area contributed by atoms with E-state index in [0.717, 1.165) is 11.1 Å². The Morgan fingerprint density at radius 3 is 2.23 bits per heavy atom. The first-order valence-electron chi connectivity index (χ1n) is 6.91. The number of halogens is 1. The average Bonchev–Trinajstić information content (AvgIpc) is 2.54. The maximum atomic E-state index is 12.0. The van der Waals surface area contributed by atoms with Crippen molar-refractivity contribution in [1.82, 2.24) is 0 Å². The number of rotatable bonds is 8. The fourth-order valence-electron chi connectivity index (χ4n) is 2.05. The van der Waals surface area contributed by atoms with Crippen LogP contribution in [0.2, 0.25) is 0 Å². The van der Waals surface area contributed by atoms with Gasteiger partial charge < -0.3 is 4.89 Å². The smallest absolute Gasteiger partial charge is 0.302 e. The van der Waals surface area contributed by atoms with Gasteiger partial charge in [0.05, 0.1) is 12.7 Å². The van der Waals surface area contributed by atoms with Crippen molar-refractivity contribution in [1.29, 1.82) is 0 Å². The van der Waals surface area contributed by atoms with Crippen LogP contribution in [0, 0.1) is 0 Å². The molecule has 0 radical (unpaired) electrons. The van der Waals surface area contributed by atoms with Gasteiger partial charge in [0.15, 0.2) is 0 Å². The van der Waals surface area contributed by atoms with Crippen molar-refractivity contribution in [2.45, 2.75) is 12.5 Å². The molecule has 0 aromatic heterocycles. The Labute approximate surface area is 138 Å². The van der Waals surface area contributed by atoms with Gasteiger partial charge in [-0.3, -0.25) is 9.05 Å². The van der Waals surface area contributed by atoms with Gasteiger partial charge in [-0.1, -0.05) is 76.6 Å². The molecule has 0 amide bonds. The second-order valence-electron chi connectivity index (χ2n) is 4.69. The molecule has 0 saturated carbocycles. The summed E-state index contributed by atoms with van der Waals surface area (Å²) < 4.78 is 22.3. The number of phosphoric acid groups is 1. The average molecular weight is 385 g/mol. The van der Waals surface area contributed by atoms with Crippen molar-refractivity contribution in [3.8, 4) is 0 Å². The molecule has 1 N–H and O–H groups in total. The normalized spacial score (nSPS) is 15.2. The number of benzene rings is 2. The van der Waals surface area contributed by atoms with Crippen LogP contribution in [0.25, 0.3) is 0 Å². The van der Waals surface area contributed by atoms with Gasteiger partial charge in [-0.2, -0.15) is 0 Å². The SMILES string of the molecule is O=P(O)(OCCBr)OC(Cc1ccccc1)c1ccccc1. The number of alkyl halides is 1. The van der Waals surface area contributed by atoms with E-state index in [9.17, 15) is 9.46 Å². The molecule has 0 spiro atoms. The van der Waals surface area contributed by atoms with Crippen molar-refractivity contribution in [2.24, 2.45) is 0 Å². The topological polar surface area (TPSA) is 55.8 Å². The molecule has 0 aliphatic carbocycles. The largest absolute Gasteiger partial charge is 0.472 e. The molecule has 4 nitrogen and oxygen atoms in total. The number of hydrogen-bond acceptors (Lipinski definition) is 3. The minimum atomic E-state index is -4.10. The van der Waals surface area contributed by atoms with Crippen LogP contribution in [0.3, 0.4) is 0 Å². The molecule has 0 aliphatic heterocycles. The Bertz CT molecular complexity index is 606. The summed E-state index contributed by atoms with van der Waals surface area (Å²) in [7, 11) is -4.10. The van der Waals surface area contributed by atoms with Crippen molar-refractivity contribution < 1.29 is 18.5 Å². The lowest BCUT2D eigenvalue weighted by Gasteiger charge is -2.21. The van der Waals surface area contributed by atoms with E-state index in [2.05, 4.69) is 15.9 Å². The standard InChI is InChI=1S/C16H18BrO4P/c17-11-12-20-22(18,19)21-16(15-9-5-2-6-10-15)13-14-7-3-1-4-8-14/h1-10,16H,11-13H2,(H,18,19). The van der Waals surface area contributed by atoms with Crippen LogP contribution in [0.4, 0.5) is 0 Å². The zero-order valence-corrected chi connectivity index (χ0v) is 14.4. The van der Waals surface area contributed by atoms with Gasteiger partial charge in [-0.05, 0) is 11.1 Å². The molecule has 22 heavy (non-hydrogen) atoms. The van der Waals surface area contributed by atoms with Crippen LogP contribution in [-0.4, -0.2) is 16.8 Å². The van der Waals surface area contributed by atoms with Gasteiger partial charge in [0.25, 0.3) is 0 Å². The summed E-state index contributed by atoms with van der Waals surface area (Å²) in [6.45, 7) is 0.112. The van der Waals surface area contributed by atoms with Crippen LogP contribution in [0.5, 0.6) is 0 Å². The Hall–Kier alpha value is -0.970. The van der Waals surface area contributed by atoms with E-state index in [4.69, 9.17) is 9.05 Å². The zero-order valence-electron chi connectivity index (χ0n) is 12.0. The Kier molecular flexibility index (Phi) is 6.80. The summed E-state index contributed by atoms with van der Waals surface area (Å²) in [4.78, 5) is 9.85. The molecule has 2 rings (SSSR count). The molecular weight excluding hydrogens is 367 g/mol. The van der Waals surface area contributed by atoms with E-state index in [1.165, 1.54) is 0 Å². The summed E-state index contributed by atoms with van der Waals surface area (Å²) in [5.41, 5.74) is 1.86. The molecule has 2 aromatic rings. The first-order chi connectivity index (χ1) is 10.6. The van der Waals surface area contributed by atoms with Crippen molar-refractivity contribution in [2.75, 3.05) is 11.9 Å². The summed E-state index contributed by atoms with van der Waals surface area (Å²) in [6.07, 6.45) is -0.0534. The van der Waals surface area contributed by atoms with Crippen LogP contribution < -0.4 is 0 Å². The highest BCUT2D eigenvalue weighted by molar-refractivity contribution is 9.09. The van der Waals surface area contributed by atoms with E-state index < -0.39 is 13.9 Å². The van der Waals surface area contributed by atoms with Gasteiger partial charge in [0, 0.05) is 11.8 Å². The lowest BCUT2D eigenvalue weighted by molar-refractivity contribution is 0.108. The third-order valence-corrected chi connectivity index (χ3v) is 4.38. The third-order valence-electron chi connectivity index (χ3n) is 3.03. The molecule has 2 atom stereocenters. The predicted molar refractivity (Wildman–Crippen MR) is 90.0 cm³/mol. The molecule has 6 heteroatoms. The minimum absolute atomic E-state index is 0.112. The van der Waals surface area contributed by atoms with Crippen molar-refractivity contribution in [3.63, 3.8) is 0 Å². The molecule has 0 heterocycles. The maximum absolute atomic E-state index is 12.0. The number of hydrogen-bond donors (Lipinski definition) is 1. The Morgan fingerprint density at radius 2 is 1.64 bits per heavy atom. The lowest BCUT2D eigenvalue weighted by Crippen LogP contribution is -2.08. The second kappa shape index (κ2) is 8.61. The maximum Gasteiger partial charge on any atom is 0.472 e. The van der Waals surface area contributed by atoms with Crippen LogP contribution in [-0.2, 0) is 20.0 Å². The van der Waals surface area contributed by atoms with Crippen LogP contribution in [0.15, 0.2) is 60.7 Å². The highest BCUT2D eigenvalue weighted by Gasteiger charge is 2.27. The molecular formula is C16H18BrO4P. The summed E-state index contributed by atoms with van der Waals surface area (Å²) in [5, 5.41) is 0.468. The van der Waals surface area contributed by atoms with E-state index in [0.29, 0.717) is 11.8 Å². The van der Waals surface area contributed by atoms with Gasteiger partial charge in [0.2, 0.25) is 0 Å². The molecule has 0 aliphatic rings. The molecule has 0 saturated heterocycles. The molecule has 0 bridgehead atoms. The molecule has 2 aromatic carbocycles. The van der Waals surface area contributed by atoms with Crippen molar-refractivity contribution >= 4 is 23.8 Å². The zero-order chi connectivity index (χ0) is 15.8. The molecule has 118 valence electrons. The van der Waals surface area contributed by atoms with E-state index in [1.807, 2.05) is 60.7 Å². The van der Waals surface area contributed by atoms with Gasteiger partial charge >= 0.3 is 7.82 Å². The van der Waals surface area contributed by atoms with Crippen molar-refractivity contribution in [3.05, 3.63) is 71.8 Å². The first kappa shape index (κ1) is 17.4. The highest BCUT2D eigenvalue weighted by atomic mass is 79.9. The number of phosphoric ester groups is 1. The van der Waals surface area contributed by atoms with E-state index >= 15 is 0 Å². The van der Waals surface area contributed by atoms with Crippen LogP contribution in [0.1, 0.15) is 17.2 Å². The fraction of sp³-hybridized carbons (Fsp3) is 0.250. The first-order valence-corrected chi connectivity index (χ1v) is 9.53. The quantitative estimate of drug-likeness (QED) is 0.537. The second-order valence-corrected chi connectivity index (χ2v) is 6.88. The lowest BCUT2D eigenvalue weighted by atomic mass is 10.0. The monoisotopic (exact) mass is 384 g/mol. The van der Waals surface area contributed by atoms with Gasteiger partial charge in [-0.15, -0.1) is 0 Å². The van der Waals surface area contributed by atoms with Gasteiger partial charge in [-0.25, -0.2) is 4.57 Å². The molecule has 0 fully saturated rings. The predicted octanol–water partition coefficient (Wildman–Crippen LogP) is 4.50. The highest BCUT2D eigenvalue weighted by Crippen LogP contribution is 2.48. The Balaban J connectivity index is 2.17. The van der Waals surface area contributed by atoms with E-state index in [-0.39, 0.29) is 6.61 Å². The summed E-state index contributed by atoms with van der Waals surface area (Å²) in [5.74, 6) is 0. The summed E-state index contributed by atoms with van der Waals surface area (Å²) in [6, 6.07) is 19.1. The minimum Gasteiger partial charge on any atom is -0.302 e. The Morgan fingerprint density at radius 1 is 1.05 bits per heavy atom.